The van der Waals surface area contributed by atoms with E-state index in [0.717, 1.165) is 29.9 Å². The van der Waals surface area contributed by atoms with Crippen LogP contribution in [0.2, 0.25) is 0 Å². The Bertz CT molecular complexity index is 549. The normalized spacial score (nSPS) is 23.0. The van der Waals surface area contributed by atoms with E-state index in [2.05, 4.69) is 10.3 Å². The van der Waals surface area contributed by atoms with E-state index in [1.807, 2.05) is 22.2 Å². The monoisotopic (exact) mass is 279 g/mol. The molecular formula is C13H17N3O2S. The Morgan fingerprint density at radius 1 is 1.58 bits per heavy atom. The molecule has 2 heterocycles. The number of aromatic nitrogens is 2. The first-order valence-corrected chi connectivity index (χ1v) is 7.46. The van der Waals surface area contributed by atoms with Crippen molar-refractivity contribution in [3.63, 3.8) is 0 Å². The smallest absolute Gasteiger partial charge is 0.226 e. The average Bonchev–Trinajstić information content (AvgIpc) is 3.02. The van der Waals surface area contributed by atoms with Gasteiger partial charge in [0.05, 0.1) is 18.2 Å². The Morgan fingerprint density at radius 2 is 2.47 bits per heavy atom. The van der Waals surface area contributed by atoms with Gasteiger partial charge in [0.25, 0.3) is 0 Å². The molecule has 2 unspecified atom stereocenters. The van der Waals surface area contributed by atoms with Crippen LogP contribution in [0.1, 0.15) is 25.0 Å². The first-order chi connectivity index (χ1) is 9.22. The summed E-state index contributed by atoms with van der Waals surface area (Å²) in [6.07, 6.45) is 6.78. The topological polar surface area (TPSA) is 66.6 Å². The van der Waals surface area contributed by atoms with Crippen LogP contribution in [0.25, 0.3) is 4.96 Å². The fourth-order valence-electron chi connectivity index (χ4n) is 2.59. The summed E-state index contributed by atoms with van der Waals surface area (Å²) in [6.45, 7) is 0.572. The summed E-state index contributed by atoms with van der Waals surface area (Å²) in [7, 11) is 0. The van der Waals surface area contributed by atoms with Gasteiger partial charge < -0.3 is 10.4 Å². The molecular weight excluding hydrogens is 262 g/mol. The predicted molar refractivity (Wildman–Crippen MR) is 73.1 cm³/mol. The summed E-state index contributed by atoms with van der Waals surface area (Å²) >= 11 is 1.56. The van der Waals surface area contributed by atoms with Crippen LogP contribution in [0, 0.1) is 5.92 Å². The molecule has 0 bridgehead atoms. The van der Waals surface area contributed by atoms with Gasteiger partial charge in [-0.15, -0.1) is 11.3 Å². The number of nitrogens with zero attached hydrogens (tertiary/aromatic N) is 2. The van der Waals surface area contributed by atoms with Crippen molar-refractivity contribution >= 4 is 22.2 Å². The van der Waals surface area contributed by atoms with Crippen LogP contribution in [0.4, 0.5) is 0 Å². The average molecular weight is 279 g/mol. The van der Waals surface area contributed by atoms with Crippen molar-refractivity contribution in [1.82, 2.24) is 14.7 Å². The zero-order chi connectivity index (χ0) is 13.2. The summed E-state index contributed by atoms with van der Waals surface area (Å²) in [6, 6.07) is 0. The van der Waals surface area contributed by atoms with Gasteiger partial charge in [0.2, 0.25) is 5.91 Å². The summed E-state index contributed by atoms with van der Waals surface area (Å²) in [4.78, 5) is 17.1. The summed E-state index contributed by atoms with van der Waals surface area (Å²) in [5.74, 6) is 0.194. The van der Waals surface area contributed by atoms with E-state index in [-0.39, 0.29) is 17.9 Å². The first kappa shape index (κ1) is 12.6. The minimum atomic E-state index is -0.252. The van der Waals surface area contributed by atoms with Gasteiger partial charge in [0.1, 0.15) is 0 Å². The van der Waals surface area contributed by atoms with Gasteiger partial charge in [-0.25, -0.2) is 4.98 Å². The second kappa shape index (κ2) is 5.30. The molecule has 2 aromatic rings. The van der Waals surface area contributed by atoms with E-state index in [4.69, 9.17) is 0 Å². The number of carbonyl (C=O) groups excluding carboxylic acids is 1. The molecule has 3 rings (SSSR count). The second-order valence-electron chi connectivity index (χ2n) is 5.06. The van der Waals surface area contributed by atoms with E-state index in [1.54, 1.807) is 11.3 Å². The van der Waals surface area contributed by atoms with Gasteiger partial charge in [-0.1, -0.05) is 6.42 Å². The highest BCUT2D eigenvalue weighted by Crippen LogP contribution is 2.24. The number of rotatable bonds is 4. The standard InChI is InChI=1S/C13H17N3O2S/c17-11-3-1-2-9(11)7-14-12(18)6-10-8-16-4-5-19-13(16)15-10/h4-5,8-9,11,17H,1-3,6-7H2,(H,14,18). The van der Waals surface area contributed by atoms with Gasteiger partial charge in [0.15, 0.2) is 4.96 Å². The molecule has 1 aliphatic rings. The Labute approximate surface area is 115 Å². The van der Waals surface area contributed by atoms with Crippen LogP contribution in [-0.4, -0.2) is 33.0 Å². The Balaban J connectivity index is 1.52. The van der Waals surface area contributed by atoms with Crippen molar-refractivity contribution in [2.45, 2.75) is 31.8 Å². The zero-order valence-corrected chi connectivity index (χ0v) is 11.4. The molecule has 5 nitrogen and oxygen atoms in total. The molecule has 0 aromatic carbocycles. The molecule has 6 heteroatoms. The molecule has 1 fully saturated rings. The van der Waals surface area contributed by atoms with Crippen LogP contribution in [0.5, 0.6) is 0 Å². The van der Waals surface area contributed by atoms with Crippen LogP contribution in [-0.2, 0) is 11.2 Å². The highest BCUT2D eigenvalue weighted by molar-refractivity contribution is 7.15. The highest BCUT2D eigenvalue weighted by Gasteiger charge is 2.25. The van der Waals surface area contributed by atoms with Gasteiger partial charge in [-0.05, 0) is 12.8 Å². The molecule has 2 aromatic heterocycles. The molecule has 0 aliphatic heterocycles. The van der Waals surface area contributed by atoms with Gasteiger partial charge in [-0.3, -0.25) is 9.20 Å². The van der Waals surface area contributed by atoms with Crippen LogP contribution in [0.3, 0.4) is 0 Å². The van der Waals surface area contributed by atoms with Gasteiger partial charge in [-0.2, -0.15) is 0 Å². The number of fused-ring (bicyclic) bond motifs is 1. The van der Waals surface area contributed by atoms with Crippen molar-refractivity contribution in [2.75, 3.05) is 6.54 Å². The summed E-state index contributed by atoms with van der Waals surface area (Å²) < 4.78 is 1.92. The van der Waals surface area contributed by atoms with E-state index in [9.17, 15) is 9.90 Å². The molecule has 0 spiro atoms. The number of hydrogen-bond donors (Lipinski definition) is 2. The molecule has 1 saturated carbocycles. The van der Waals surface area contributed by atoms with E-state index in [1.165, 1.54) is 0 Å². The van der Waals surface area contributed by atoms with Crippen molar-refractivity contribution < 1.29 is 9.90 Å². The number of thiazole rings is 1. The van der Waals surface area contributed by atoms with E-state index in [0.29, 0.717) is 13.0 Å². The van der Waals surface area contributed by atoms with Crippen molar-refractivity contribution in [1.29, 1.82) is 0 Å². The van der Waals surface area contributed by atoms with Crippen LogP contribution >= 0.6 is 11.3 Å². The molecule has 1 aliphatic carbocycles. The zero-order valence-electron chi connectivity index (χ0n) is 10.6. The molecule has 2 N–H and O–H groups in total. The Kier molecular flexibility index (Phi) is 3.52. The minimum absolute atomic E-state index is 0.0233. The highest BCUT2D eigenvalue weighted by atomic mass is 32.1. The SMILES string of the molecule is O=C(Cc1cn2ccsc2n1)NCC1CCCC1O. The lowest BCUT2D eigenvalue weighted by Crippen LogP contribution is -2.33. The lowest BCUT2D eigenvalue weighted by atomic mass is 10.1. The fraction of sp³-hybridized carbons (Fsp3) is 0.538. The second-order valence-corrected chi connectivity index (χ2v) is 5.94. The quantitative estimate of drug-likeness (QED) is 0.884. The maximum Gasteiger partial charge on any atom is 0.226 e. The molecule has 2 atom stereocenters. The first-order valence-electron chi connectivity index (χ1n) is 6.58. The third-order valence-electron chi connectivity index (χ3n) is 3.67. The number of nitrogens with one attached hydrogen (secondary N) is 1. The maximum atomic E-state index is 11.8. The van der Waals surface area contributed by atoms with Gasteiger partial charge in [0, 0.05) is 30.2 Å². The number of aliphatic hydroxyl groups is 1. The van der Waals surface area contributed by atoms with Crippen LogP contribution in [0.15, 0.2) is 17.8 Å². The van der Waals surface area contributed by atoms with Gasteiger partial charge >= 0.3 is 0 Å². The summed E-state index contributed by atoms with van der Waals surface area (Å²) in [5.41, 5.74) is 0.788. The van der Waals surface area contributed by atoms with E-state index >= 15 is 0 Å². The Morgan fingerprint density at radius 3 is 3.21 bits per heavy atom. The lowest BCUT2D eigenvalue weighted by molar-refractivity contribution is -0.120. The van der Waals surface area contributed by atoms with Crippen molar-refractivity contribution in [3.8, 4) is 0 Å². The minimum Gasteiger partial charge on any atom is -0.393 e. The Hall–Kier alpha value is -1.40. The van der Waals surface area contributed by atoms with Crippen molar-refractivity contribution in [2.24, 2.45) is 5.92 Å². The number of hydrogen-bond acceptors (Lipinski definition) is 4. The van der Waals surface area contributed by atoms with E-state index < -0.39 is 0 Å². The fourth-order valence-corrected chi connectivity index (χ4v) is 3.31. The molecule has 19 heavy (non-hydrogen) atoms. The summed E-state index contributed by atoms with van der Waals surface area (Å²) in [5, 5.41) is 14.6. The number of amides is 1. The van der Waals surface area contributed by atoms with Crippen molar-refractivity contribution in [3.05, 3.63) is 23.5 Å². The van der Waals surface area contributed by atoms with Crippen LogP contribution < -0.4 is 5.32 Å². The molecule has 1 amide bonds. The molecule has 0 saturated heterocycles. The maximum absolute atomic E-state index is 11.8. The number of aliphatic hydroxyl groups excluding tert-OH is 1. The predicted octanol–water partition coefficient (Wildman–Crippen LogP) is 1.22. The number of imidazole rings is 1. The lowest BCUT2D eigenvalue weighted by Gasteiger charge is -2.14. The third kappa shape index (κ3) is 2.79. The number of carbonyl (C=O) groups is 1. The molecule has 0 radical (unpaired) electrons. The largest absolute Gasteiger partial charge is 0.393 e. The third-order valence-corrected chi connectivity index (χ3v) is 4.44. The molecule has 102 valence electrons.